The molecule has 1 rings (SSSR count). The lowest BCUT2D eigenvalue weighted by Crippen LogP contribution is -2.38. The summed E-state index contributed by atoms with van der Waals surface area (Å²) in [6.07, 6.45) is 1.03. The number of hydrogen-bond acceptors (Lipinski definition) is 3. The van der Waals surface area contributed by atoms with Crippen LogP contribution in [0.3, 0.4) is 0 Å². The minimum absolute atomic E-state index is 0.0430. The van der Waals surface area contributed by atoms with Crippen LogP contribution in [0, 0.1) is 5.92 Å². The van der Waals surface area contributed by atoms with Gasteiger partial charge in [0.15, 0.2) is 0 Å². The van der Waals surface area contributed by atoms with Crippen molar-refractivity contribution >= 4 is 0 Å². The van der Waals surface area contributed by atoms with Gasteiger partial charge in [0, 0.05) is 18.6 Å². The molecule has 2 unspecified atom stereocenters. The molecule has 2 N–H and O–H groups in total. The van der Waals surface area contributed by atoms with Gasteiger partial charge in [0.25, 0.3) is 0 Å². The van der Waals surface area contributed by atoms with Crippen LogP contribution >= 0.6 is 0 Å². The maximum Gasteiger partial charge on any atom is 0.119 e. The zero-order valence-electron chi connectivity index (χ0n) is 13.6. The highest BCUT2D eigenvalue weighted by atomic mass is 16.5. The molecule has 20 heavy (non-hydrogen) atoms. The van der Waals surface area contributed by atoms with Crippen molar-refractivity contribution in [3.63, 3.8) is 0 Å². The number of rotatable bonds is 8. The molecular weight excluding hydrogens is 248 g/mol. The summed E-state index contributed by atoms with van der Waals surface area (Å²) in [6.45, 7) is 10.5. The predicted octanol–water partition coefficient (Wildman–Crippen LogP) is 3.45. The smallest absolute Gasteiger partial charge is 0.119 e. The molecule has 1 aromatic rings. The normalized spacial score (nSPS) is 14.6. The van der Waals surface area contributed by atoms with Crippen molar-refractivity contribution in [2.24, 2.45) is 11.7 Å². The summed E-state index contributed by atoms with van der Waals surface area (Å²) in [5.41, 5.74) is 7.47. The highest BCUT2D eigenvalue weighted by molar-refractivity contribution is 5.29. The molecule has 0 spiro atoms. The largest absolute Gasteiger partial charge is 0.494 e. The molecule has 0 amide bonds. The Morgan fingerprint density at radius 3 is 2.25 bits per heavy atom. The molecule has 1 aromatic carbocycles. The van der Waals surface area contributed by atoms with Crippen molar-refractivity contribution in [2.75, 3.05) is 20.2 Å². The van der Waals surface area contributed by atoms with Gasteiger partial charge in [-0.3, -0.25) is 0 Å². The Balaban J connectivity index is 2.56. The quantitative estimate of drug-likeness (QED) is 0.791. The maximum absolute atomic E-state index is 6.30. The highest BCUT2D eigenvalue weighted by Crippen LogP contribution is 2.19. The van der Waals surface area contributed by atoms with Gasteiger partial charge < -0.3 is 15.4 Å². The van der Waals surface area contributed by atoms with E-state index in [2.05, 4.69) is 51.8 Å². The second-order valence-electron chi connectivity index (χ2n) is 5.95. The summed E-state index contributed by atoms with van der Waals surface area (Å²) in [4.78, 5) is 2.33. The molecule has 3 heteroatoms. The summed E-state index contributed by atoms with van der Waals surface area (Å²) in [5, 5.41) is 0. The molecule has 0 aliphatic heterocycles. The average Bonchev–Trinajstić information content (AvgIpc) is 2.44. The second-order valence-corrected chi connectivity index (χ2v) is 5.95. The molecule has 2 atom stereocenters. The molecular formula is C17H30N2O. The first-order chi connectivity index (χ1) is 9.45. The SMILES string of the molecule is CCCOc1ccc(C(N)CN(C)C(C)C(C)C)cc1. The third-order valence-corrected chi connectivity index (χ3v) is 3.93. The van der Waals surface area contributed by atoms with E-state index in [1.54, 1.807) is 0 Å². The molecule has 3 nitrogen and oxygen atoms in total. The van der Waals surface area contributed by atoms with Crippen molar-refractivity contribution in [1.29, 1.82) is 0 Å². The Bertz CT molecular complexity index is 375. The zero-order chi connectivity index (χ0) is 15.1. The minimum Gasteiger partial charge on any atom is -0.494 e. The first-order valence-electron chi connectivity index (χ1n) is 7.64. The van der Waals surface area contributed by atoms with Crippen molar-refractivity contribution < 1.29 is 4.74 Å². The summed E-state index contributed by atoms with van der Waals surface area (Å²) in [6, 6.07) is 8.75. The minimum atomic E-state index is 0.0430. The van der Waals surface area contributed by atoms with Gasteiger partial charge in [-0.25, -0.2) is 0 Å². The van der Waals surface area contributed by atoms with E-state index in [9.17, 15) is 0 Å². The van der Waals surface area contributed by atoms with Crippen LogP contribution in [0.4, 0.5) is 0 Å². The van der Waals surface area contributed by atoms with Crippen LogP contribution < -0.4 is 10.5 Å². The maximum atomic E-state index is 6.30. The van der Waals surface area contributed by atoms with Crippen LogP contribution in [0.25, 0.3) is 0 Å². The van der Waals surface area contributed by atoms with E-state index in [1.807, 2.05) is 12.1 Å². The fraction of sp³-hybridized carbons (Fsp3) is 0.647. The van der Waals surface area contributed by atoms with Crippen molar-refractivity contribution in [2.45, 2.75) is 46.2 Å². The monoisotopic (exact) mass is 278 g/mol. The molecule has 0 aromatic heterocycles. The van der Waals surface area contributed by atoms with Crippen molar-refractivity contribution in [3.05, 3.63) is 29.8 Å². The lowest BCUT2D eigenvalue weighted by molar-refractivity contribution is 0.197. The Morgan fingerprint density at radius 2 is 1.75 bits per heavy atom. The molecule has 0 saturated heterocycles. The van der Waals surface area contributed by atoms with Gasteiger partial charge in [-0.05, 0) is 44.0 Å². The van der Waals surface area contributed by atoms with E-state index in [0.717, 1.165) is 30.9 Å². The van der Waals surface area contributed by atoms with Crippen LogP contribution in [0.15, 0.2) is 24.3 Å². The lowest BCUT2D eigenvalue weighted by atomic mass is 10.0. The van der Waals surface area contributed by atoms with E-state index in [1.165, 1.54) is 0 Å². The van der Waals surface area contributed by atoms with Crippen LogP contribution in [-0.4, -0.2) is 31.1 Å². The Kier molecular flexibility index (Phi) is 7.03. The molecule has 0 radical (unpaired) electrons. The zero-order valence-corrected chi connectivity index (χ0v) is 13.6. The second kappa shape index (κ2) is 8.28. The summed E-state index contributed by atoms with van der Waals surface area (Å²) in [5.74, 6) is 1.56. The fourth-order valence-corrected chi connectivity index (χ4v) is 2.12. The number of nitrogens with two attached hydrogens (primary N) is 1. The fourth-order valence-electron chi connectivity index (χ4n) is 2.12. The van der Waals surface area contributed by atoms with Crippen LogP contribution in [0.1, 0.15) is 45.7 Å². The Hall–Kier alpha value is -1.06. The summed E-state index contributed by atoms with van der Waals surface area (Å²) in [7, 11) is 2.14. The Morgan fingerprint density at radius 1 is 1.15 bits per heavy atom. The number of hydrogen-bond donors (Lipinski definition) is 1. The van der Waals surface area contributed by atoms with Gasteiger partial charge in [-0.2, -0.15) is 0 Å². The van der Waals surface area contributed by atoms with E-state index in [4.69, 9.17) is 10.5 Å². The predicted molar refractivity (Wildman–Crippen MR) is 86.1 cm³/mol. The molecule has 0 heterocycles. The standard InChI is InChI=1S/C17H30N2O/c1-6-11-20-16-9-7-15(8-10-16)17(18)12-19(5)14(4)13(2)3/h7-10,13-14,17H,6,11-12,18H2,1-5H3. The number of ether oxygens (including phenoxy) is 1. The Labute approximate surface area is 124 Å². The van der Waals surface area contributed by atoms with E-state index < -0.39 is 0 Å². The van der Waals surface area contributed by atoms with Crippen LogP contribution in [0.2, 0.25) is 0 Å². The van der Waals surface area contributed by atoms with Crippen LogP contribution in [0.5, 0.6) is 5.75 Å². The summed E-state index contributed by atoms with van der Waals surface area (Å²) >= 11 is 0. The molecule has 0 bridgehead atoms. The third kappa shape index (κ3) is 5.14. The van der Waals surface area contributed by atoms with Gasteiger partial charge in [0.1, 0.15) is 5.75 Å². The lowest BCUT2D eigenvalue weighted by Gasteiger charge is -2.30. The third-order valence-electron chi connectivity index (χ3n) is 3.93. The molecule has 0 aliphatic carbocycles. The topological polar surface area (TPSA) is 38.5 Å². The van der Waals surface area contributed by atoms with Gasteiger partial charge in [0.2, 0.25) is 0 Å². The molecule has 0 aliphatic rings. The van der Waals surface area contributed by atoms with E-state index in [0.29, 0.717) is 12.0 Å². The van der Waals surface area contributed by atoms with Gasteiger partial charge >= 0.3 is 0 Å². The van der Waals surface area contributed by atoms with Gasteiger partial charge in [0.05, 0.1) is 6.61 Å². The van der Waals surface area contributed by atoms with Crippen molar-refractivity contribution in [1.82, 2.24) is 4.90 Å². The number of benzene rings is 1. The van der Waals surface area contributed by atoms with Gasteiger partial charge in [-0.1, -0.05) is 32.9 Å². The first-order valence-corrected chi connectivity index (χ1v) is 7.64. The number of nitrogens with zero attached hydrogens (tertiary/aromatic N) is 1. The van der Waals surface area contributed by atoms with E-state index >= 15 is 0 Å². The summed E-state index contributed by atoms with van der Waals surface area (Å²) < 4.78 is 5.59. The average molecular weight is 278 g/mol. The van der Waals surface area contributed by atoms with Crippen LogP contribution in [-0.2, 0) is 0 Å². The molecule has 0 fully saturated rings. The molecule has 114 valence electrons. The molecule has 0 saturated carbocycles. The van der Waals surface area contributed by atoms with Gasteiger partial charge in [-0.15, -0.1) is 0 Å². The first kappa shape index (κ1) is 17.0. The van der Waals surface area contributed by atoms with E-state index in [-0.39, 0.29) is 6.04 Å². The highest BCUT2D eigenvalue weighted by Gasteiger charge is 2.16. The van der Waals surface area contributed by atoms with Crippen molar-refractivity contribution in [3.8, 4) is 5.75 Å². The number of likely N-dealkylation sites (N-methyl/N-ethyl adjacent to an activating group) is 1.